The van der Waals surface area contributed by atoms with Crippen LogP contribution in [-0.4, -0.2) is 43.7 Å². The minimum Gasteiger partial charge on any atom is -0.296 e. The van der Waals surface area contributed by atoms with Crippen LogP contribution in [0, 0.1) is 13.5 Å². The zero-order valence-electron chi connectivity index (χ0n) is 26.9. The maximum atomic E-state index is 14.3. The summed E-state index contributed by atoms with van der Waals surface area (Å²) in [6.45, 7) is 18.9. The van der Waals surface area contributed by atoms with Gasteiger partial charge in [-0.2, -0.15) is 0 Å². The summed E-state index contributed by atoms with van der Waals surface area (Å²) < 4.78 is 1.49. The van der Waals surface area contributed by atoms with Crippen LogP contribution in [0.15, 0.2) is 33.2 Å². The predicted molar refractivity (Wildman–Crippen MR) is 208 cm³/mol. The van der Waals surface area contributed by atoms with Gasteiger partial charge in [-0.1, -0.05) is 95.8 Å². The van der Waals surface area contributed by atoms with E-state index in [-0.39, 0.29) is 23.9 Å². The maximum absolute atomic E-state index is 14.3. The van der Waals surface area contributed by atoms with E-state index in [0.717, 1.165) is 107 Å². The van der Waals surface area contributed by atoms with Crippen LogP contribution in [0.2, 0.25) is 0 Å². The zero-order valence-corrected chi connectivity index (χ0v) is 31.7. The zero-order chi connectivity index (χ0) is 33.6. The van der Waals surface area contributed by atoms with Crippen molar-refractivity contribution in [3.8, 4) is 0 Å². The molecule has 0 saturated heterocycles. The van der Waals surface area contributed by atoms with E-state index in [1.165, 1.54) is 0 Å². The Hall–Kier alpha value is -3.03. The lowest BCUT2D eigenvalue weighted by Gasteiger charge is -2.37. The van der Waals surface area contributed by atoms with Crippen LogP contribution in [-0.2, 0) is 0 Å². The van der Waals surface area contributed by atoms with Gasteiger partial charge in [0.25, 0.3) is 11.8 Å². The Kier molecular flexibility index (Phi) is 8.19. The normalized spacial score (nSPS) is 16.0. The molecule has 2 aliphatic heterocycles. The van der Waals surface area contributed by atoms with E-state index in [4.69, 9.17) is 31.0 Å². The summed E-state index contributed by atoms with van der Waals surface area (Å²) in [4.78, 5) is 37.2. The second-order valence-corrected chi connectivity index (χ2v) is 15.5. The monoisotopic (exact) mass is 785 g/mol. The molecule has 238 valence electrons. The summed E-state index contributed by atoms with van der Waals surface area (Å²) in [6.07, 6.45) is 5.78. The first-order valence-corrected chi connectivity index (χ1v) is 18.6. The summed E-state index contributed by atoms with van der Waals surface area (Å²) in [5.74, 6) is -0.207. The number of carbonyl (C=O) groups excluding carboxylic acids is 2. The average molecular weight is 788 g/mol. The lowest BCUT2D eigenvalue weighted by molar-refractivity contribution is 0.0798. The maximum Gasteiger partial charge on any atom is 0.259 e. The predicted octanol–water partition coefficient (Wildman–Crippen LogP) is 11.5. The molecule has 0 fully saturated rings. The number of amides is 2. The minimum absolute atomic E-state index is 0.0326. The molecule has 47 heavy (non-hydrogen) atoms. The fraction of sp³-hybridized carbons (Fsp3) is 0.342. The minimum atomic E-state index is -0.111. The molecule has 2 heterocycles. The third kappa shape index (κ3) is 4.47. The highest BCUT2D eigenvalue weighted by Crippen LogP contribution is 2.54. The number of unbranched alkanes of at least 4 members (excludes halogenated alkanes) is 2. The summed E-state index contributed by atoms with van der Waals surface area (Å²) >= 11 is 19.9. The molecule has 0 unspecified atom stereocenters. The van der Waals surface area contributed by atoms with Crippen molar-refractivity contribution in [2.24, 2.45) is 0 Å². The van der Waals surface area contributed by atoms with Crippen LogP contribution in [0.3, 0.4) is 0 Å². The topological polar surface area (TPSA) is 45.0 Å². The molecule has 0 bridgehead atoms. The first-order chi connectivity index (χ1) is 22.5. The van der Waals surface area contributed by atoms with Gasteiger partial charge < -0.3 is 0 Å². The van der Waals surface area contributed by atoms with Crippen LogP contribution < -0.4 is 0 Å². The van der Waals surface area contributed by atoms with Gasteiger partial charge in [0.2, 0.25) is 0 Å². The fourth-order valence-corrected chi connectivity index (χ4v) is 10.0. The standard InChI is InChI=1S/C38H33Br2N3O2S2/c1-7-9-11-18(4)42-35(44)20-15-25(40)31-32-26(41-6)16-23-29-21(36(45)43(38(23)47)19(5)12-10-8-2)14-24(39)30(34(29)32)27-17(3)13-22(37(42)46)28(20)33(27)31/h13-16,18-19H,7-12H2,1-5H3/t18-,19-/m0/s1. The number of rotatable bonds is 8. The van der Waals surface area contributed by atoms with Gasteiger partial charge in [0.15, 0.2) is 5.69 Å². The van der Waals surface area contributed by atoms with E-state index in [9.17, 15) is 9.59 Å². The third-order valence-electron chi connectivity index (χ3n) is 10.1. The number of carbonyl (C=O) groups is 2. The first-order valence-electron chi connectivity index (χ1n) is 16.2. The number of hydrogen-bond donors (Lipinski definition) is 0. The molecule has 0 aliphatic carbocycles. The molecule has 0 saturated carbocycles. The van der Waals surface area contributed by atoms with Crippen molar-refractivity contribution in [2.45, 2.75) is 85.2 Å². The van der Waals surface area contributed by atoms with Crippen molar-refractivity contribution < 1.29 is 9.59 Å². The van der Waals surface area contributed by atoms with Crippen LogP contribution in [0.4, 0.5) is 5.69 Å². The number of nitrogens with zero attached hydrogens (tertiary/aromatic N) is 3. The molecular formula is C38H33Br2N3O2S2. The van der Waals surface area contributed by atoms with Gasteiger partial charge in [0.1, 0.15) is 9.98 Å². The summed E-state index contributed by atoms with van der Waals surface area (Å²) in [5.41, 5.74) is 4.26. The lowest BCUT2D eigenvalue weighted by atomic mass is 9.80. The van der Waals surface area contributed by atoms with Crippen LogP contribution in [0.5, 0.6) is 0 Å². The molecule has 2 atom stereocenters. The Morgan fingerprint density at radius 2 is 1.13 bits per heavy atom. The number of aryl methyl sites for hydroxylation is 1. The number of benzene rings is 5. The molecule has 9 heteroatoms. The Bertz CT molecular complexity index is 2290. The van der Waals surface area contributed by atoms with Gasteiger partial charge in [-0.05, 0) is 90.4 Å². The second-order valence-electron chi connectivity index (χ2n) is 13.1. The number of halogens is 2. The largest absolute Gasteiger partial charge is 0.296 e. The molecule has 0 N–H and O–H groups in total. The van der Waals surface area contributed by atoms with Crippen LogP contribution in [0.1, 0.15) is 104 Å². The van der Waals surface area contributed by atoms with E-state index in [0.29, 0.717) is 26.8 Å². The van der Waals surface area contributed by atoms with Crippen LogP contribution >= 0.6 is 56.3 Å². The number of hydrogen-bond acceptors (Lipinski definition) is 4. The van der Waals surface area contributed by atoms with E-state index in [1.54, 1.807) is 9.80 Å². The Morgan fingerprint density at radius 1 is 0.681 bits per heavy atom. The van der Waals surface area contributed by atoms with Crippen molar-refractivity contribution in [1.82, 2.24) is 9.80 Å². The highest BCUT2D eigenvalue weighted by molar-refractivity contribution is 9.11. The highest BCUT2D eigenvalue weighted by atomic mass is 79.9. The Balaban J connectivity index is 1.63. The number of fused-ring (bicyclic) bond motifs is 2. The van der Waals surface area contributed by atoms with Gasteiger partial charge >= 0.3 is 0 Å². The molecule has 0 radical (unpaired) electrons. The molecule has 5 nitrogen and oxygen atoms in total. The van der Waals surface area contributed by atoms with Crippen LogP contribution in [0.25, 0.3) is 47.9 Å². The molecule has 5 aromatic rings. The quantitative estimate of drug-likeness (QED) is 0.0680. The third-order valence-corrected chi connectivity index (χ3v) is 12.2. The molecule has 2 amide bonds. The molecule has 0 spiro atoms. The fourth-order valence-electron chi connectivity index (χ4n) is 7.92. The molecular weight excluding hydrogens is 754 g/mol. The summed E-state index contributed by atoms with van der Waals surface area (Å²) in [5, 5.41) is 6.83. The molecule has 5 aromatic carbocycles. The van der Waals surface area contributed by atoms with Crippen molar-refractivity contribution in [1.29, 1.82) is 0 Å². The smallest absolute Gasteiger partial charge is 0.259 e. The highest BCUT2D eigenvalue weighted by Gasteiger charge is 2.39. The van der Waals surface area contributed by atoms with E-state index in [1.807, 2.05) is 25.1 Å². The lowest BCUT2D eigenvalue weighted by Crippen LogP contribution is -2.45. The first kappa shape index (κ1) is 32.5. The second kappa shape index (κ2) is 11.8. The van der Waals surface area contributed by atoms with Crippen molar-refractivity contribution in [3.63, 3.8) is 0 Å². The van der Waals surface area contributed by atoms with Gasteiger partial charge in [0.05, 0.1) is 6.57 Å². The molecule has 0 aromatic heterocycles. The SMILES string of the molecule is [C-]#[N+]c1cc2c3c(cc(Br)c4c5c(C)cc6c7c(cc(Br)c(c1c34)c75)C(=O)N([C@@H](C)CCCC)C6=S)C(=O)N([C@@H](C)CCCC)C2=S. The average Bonchev–Trinajstić information content (AvgIpc) is 3.04. The molecule has 7 rings (SSSR count). The van der Waals surface area contributed by atoms with Crippen molar-refractivity contribution in [3.05, 3.63) is 72.4 Å². The molecule has 2 aliphatic rings. The van der Waals surface area contributed by atoms with Gasteiger partial charge in [-0.25, -0.2) is 4.85 Å². The van der Waals surface area contributed by atoms with E-state index < -0.39 is 0 Å². The Morgan fingerprint density at radius 3 is 1.60 bits per heavy atom. The summed E-state index contributed by atoms with van der Waals surface area (Å²) in [7, 11) is 0. The summed E-state index contributed by atoms with van der Waals surface area (Å²) in [6, 6.07) is 7.71. The van der Waals surface area contributed by atoms with Crippen molar-refractivity contribution in [2.75, 3.05) is 0 Å². The Labute approximate surface area is 302 Å². The van der Waals surface area contributed by atoms with E-state index in [2.05, 4.69) is 70.5 Å². The van der Waals surface area contributed by atoms with Crippen molar-refractivity contribution >= 4 is 127 Å². The van der Waals surface area contributed by atoms with Gasteiger partial charge in [0, 0.05) is 59.4 Å². The van der Waals surface area contributed by atoms with E-state index >= 15 is 0 Å². The van der Waals surface area contributed by atoms with Gasteiger partial charge in [-0.3, -0.25) is 19.4 Å². The van der Waals surface area contributed by atoms with Gasteiger partial charge in [-0.15, -0.1) is 0 Å². The number of thiocarbonyl (C=S) groups is 2.